The Labute approximate surface area is 203 Å². The Morgan fingerprint density at radius 2 is 1.83 bits per heavy atom. The van der Waals surface area contributed by atoms with Gasteiger partial charge in [0.2, 0.25) is 0 Å². The average Bonchev–Trinajstić information content (AvgIpc) is 3.39. The maximum Gasteiger partial charge on any atom is 0.416 e. The van der Waals surface area contributed by atoms with Gasteiger partial charge in [-0.25, -0.2) is 8.78 Å². The molecule has 1 aliphatic heterocycles. The number of benzene rings is 3. The molecule has 2 aliphatic rings. The zero-order chi connectivity index (χ0) is 25.6. The lowest BCUT2D eigenvalue weighted by molar-refractivity contribution is -0.138. The predicted octanol–water partition coefficient (Wildman–Crippen LogP) is 6.59. The highest BCUT2D eigenvalue weighted by Gasteiger charge is 2.38. The molecule has 1 N–H and O–H groups in total. The molecule has 0 radical (unpaired) electrons. The number of hydrogen-bond donors (Lipinski definition) is 1. The zero-order valence-electron chi connectivity index (χ0n) is 18.9. The first-order valence-electron chi connectivity index (χ1n) is 11.4. The van der Waals surface area contributed by atoms with Gasteiger partial charge in [-0.2, -0.15) is 13.2 Å². The third-order valence-corrected chi connectivity index (χ3v) is 6.72. The SMILES string of the molecule is O=C(O)CC1COc2cc(OC3CCc4c3ccc(C(F)(F)F)c4Cc3ccc(F)cc3F)ccc21. The van der Waals surface area contributed by atoms with Crippen molar-refractivity contribution < 1.29 is 41.3 Å². The number of halogens is 5. The molecule has 0 saturated heterocycles. The number of alkyl halides is 3. The van der Waals surface area contributed by atoms with E-state index in [1.807, 2.05) is 0 Å². The predicted molar refractivity (Wildman–Crippen MR) is 119 cm³/mol. The van der Waals surface area contributed by atoms with E-state index in [9.17, 15) is 26.7 Å². The third kappa shape index (κ3) is 4.62. The molecule has 36 heavy (non-hydrogen) atoms. The van der Waals surface area contributed by atoms with Gasteiger partial charge in [0.1, 0.15) is 29.2 Å². The van der Waals surface area contributed by atoms with E-state index in [0.29, 0.717) is 41.5 Å². The van der Waals surface area contributed by atoms with Gasteiger partial charge in [0.05, 0.1) is 18.6 Å². The van der Waals surface area contributed by atoms with Crippen molar-refractivity contribution in [3.63, 3.8) is 0 Å². The molecule has 2 atom stereocenters. The number of rotatable bonds is 6. The van der Waals surface area contributed by atoms with Crippen molar-refractivity contribution in [2.45, 2.75) is 43.9 Å². The van der Waals surface area contributed by atoms with E-state index in [1.165, 1.54) is 6.07 Å². The molecule has 0 spiro atoms. The van der Waals surface area contributed by atoms with Gasteiger partial charge in [0, 0.05) is 30.0 Å². The van der Waals surface area contributed by atoms with Gasteiger partial charge in [0.25, 0.3) is 0 Å². The summed E-state index contributed by atoms with van der Waals surface area (Å²) in [5.74, 6) is -1.90. The highest BCUT2D eigenvalue weighted by Crippen LogP contribution is 2.44. The van der Waals surface area contributed by atoms with E-state index in [2.05, 4.69) is 0 Å². The molecule has 0 fully saturated rings. The van der Waals surface area contributed by atoms with Crippen LogP contribution in [0.5, 0.6) is 11.5 Å². The van der Waals surface area contributed by atoms with Crippen LogP contribution in [0.25, 0.3) is 0 Å². The van der Waals surface area contributed by atoms with E-state index in [4.69, 9.17) is 14.6 Å². The normalized spacial score (nSPS) is 18.5. The Kier molecular flexibility index (Phi) is 6.10. The van der Waals surface area contributed by atoms with E-state index < -0.39 is 35.4 Å². The number of carbonyl (C=O) groups is 1. The number of aliphatic carboxylic acids is 1. The van der Waals surface area contributed by atoms with Crippen molar-refractivity contribution in [1.29, 1.82) is 0 Å². The van der Waals surface area contributed by atoms with E-state index in [1.54, 1.807) is 18.2 Å². The molecule has 2 unspecified atom stereocenters. The lowest BCUT2D eigenvalue weighted by Gasteiger charge is -2.20. The molecule has 3 aromatic rings. The highest BCUT2D eigenvalue weighted by molar-refractivity contribution is 5.68. The van der Waals surface area contributed by atoms with Crippen molar-refractivity contribution in [2.24, 2.45) is 0 Å². The van der Waals surface area contributed by atoms with Crippen LogP contribution in [0.4, 0.5) is 22.0 Å². The molecule has 1 heterocycles. The first kappa shape index (κ1) is 24.1. The zero-order valence-corrected chi connectivity index (χ0v) is 18.9. The van der Waals surface area contributed by atoms with Crippen molar-refractivity contribution in [3.05, 3.63) is 93.5 Å². The Balaban J connectivity index is 1.44. The highest BCUT2D eigenvalue weighted by atomic mass is 19.4. The van der Waals surface area contributed by atoms with Crippen LogP contribution in [-0.4, -0.2) is 17.7 Å². The maximum atomic E-state index is 14.3. The number of carboxylic acids is 1. The monoisotopic (exact) mass is 504 g/mol. The molecule has 4 nitrogen and oxygen atoms in total. The van der Waals surface area contributed by atoms with Crippen LogP contribution in [0, 0.1) is 11.6 Å². The second-order valence-electron chi connectivity index (χ2n) is 9.02. The van der Waals surface area contributed by atoms with E-state index in [0.717, 1.165) is 23.8 Å². The summed E-state index contributed by atoms with van der Waals surface area (Å²) in [5, 5.41) is 9.06. The molecule has 5 rings (SSSR count). The van der Waals surface area contributed by atoms with Crippen molar-refractivity contribution in [1.82, 2.24) is 0 Å². The van der Waals surface area contributed by atoms with Crippen LogP contribution < -0.4 is 9.47 Å². The second-order valence-corrected chi connectivity index (χ2v) is 9.02. The van der Waals surface area contributed by atoms with Crippen molar-refractivity contribution in [3.8, 4) is 11.5 Å². The minimum atomic E-state index is -4.64. The molecular weight excluding hydrogens is 483 g/mol. The summed E-state index contributed by atoms with van der Waals surface area (Å²) in [6, 6.07) is 10.3. The lowest BCUT2D eigenvalue weighted by Crippen LogP contribution is -2.13. The van der Waals surface area contributed by atoms with Crippen LogP contribution in [-0.2, 0) is 23.8 Å². The Hall–Kier alpha value is -3.62. The van der Waals surface area contributed by atoms with Crippen LogP contribution in [0.15, 0.2) is 48.5 Å². The summed E-state index contributed by atoms with van der Waals surface area (Å²) >= 11 is 0. The molecule has 9 heteroatoms. The average molecular weight is 504 g/mol. The van der Waals surface area contributed by atoms with Crippen molar-refractivity contribution >= 4 is 5.97 Å². The lowest BCUT2D eigenvalue weighted by atomic mass is 9.91. The van der Waals surface area contributed by atoms with Gasteiger partial charge >= 0.3 is 12.1 Å². The van der Waals surface area contributed by atoms with Gasteiger partial charge in [-0.05, 0) is 53.3 Å². The Bertz CT molecular complexity index is 1330. The third-order valence-electron chi connectivity index (χ3n) is 6.72. The molecule has 0 saturated carbocycles. The number of ether oxygens (including phenoxy) is 2. The Morgan fingerprint density at radius 1 is 1.06 bits per heavy atom. The second kappa shape index (κ2) is 9.11. The number of fused-ring (bicyclic) bond motifs is 2. The molecule has 0 amide bonds. The van der Waals surface area contributed by atoms with Crippen LogP contribution in [0.3, 0.4) is 0 Å². The summed E-state index contributed by atoms with van der Waals surface area (Å²) in [4.78, 5) is 11.1. The summed E-state index contributed by atoms with van der Waals surface area (Å²) in [7, 11) is 0. The molecule has 0 bridgehead atoms. The van der Waals surface area contributed by atoms with Gasteiger partial charge in [-0.15, -0.1) is 0 Å². The van der Waals surface area contributed by atoms with E-state index >= 15 is 0 Å². The summed E-state index contributed by atoms with van der Waals surface area (Å²) < 4.78 is 80.8. The van der Waals surface area contributed by atoms with Crippen LogP contribution in [0.1, 0.15) is 58.2 Å². The minimum absolute atomic E-state index is 0.0219. The fraction of sp³-hybridized carbons (Fsp3) is 0.296. The first-order chi connectivity index (χ1) is 17.1. The molecule has 3 aromatic carbocycles. The quantitative estimate of drug-likeness (QED) is 0.385. The standard InChI is InChI=1S/C27H21F5O4/c28-16-2-1-14(23(29)11-16)9-21-19-6-8-24(20(19)5-7-22(21)27(30,31)32)36-17-3-4-18-15(10-26(33)34)13-35-25(18)12-17/h1-5,7,11-12,15,24H,6,8-10,13H2,(H,33,34). The van der Waals surface area contributed by atoms with Gasteiger partial charge in [-0.1, -0.05) is 18.2 Å². The number of hydrogen-bond acceptors (Lipinski definition) is 3. The summed E-state index contributed by atoms with van der Waals surface area (Å²) in [5.41, 5.74) is 0.913. The largest absolute Gasteiger partial charge is 0.492 e. The molecular formula is C27H21F5O4. The maximum absolute atomic E-state index is 14.3. The topological polar surface area (TPSA) is 55.8 Å². The van der Waals surface area contributed by atoms with Gasteiger partial charge in [0.15, 0.2) is 0 Å². The van der Waals surface area contributed by atoms with E-state index in [-0.39, 0.29) is 36.5 Å². The number of carboxylic acid groups (broad SMARTS) is 1. The summed E-state index contributed by atoms with van der Waals surface area (Å²) in [6.45, 7) is 0.251. The molecule has 0 aromatic heterocycles. The molecule has 188 valence electrons. The fourth-order valence-corrected chi connectivity index (χ4v) is 5.06. The smallest absolute Gasteiger partial charge is 0.416 e. The fourth-order valence-electron chi connectivity index (χ4n) is 5.06. The van der Waals surface area contributed by atoms with Gasteiger partial charge in [-0.3, -0.25) is 4.79 Å². The summed E-state index contributed by atoms with van der Waals surface area (Å²) in [6.07, 6.45) is -4.80. The van der Waals surface area contributed by atoms with Crippen molar-refractivity contribution in [2.75, 3.05) is 6.61 Å². The first-order valence-corrected chi connectivity index (χ1v) is 11.4. The Morgan fingerprint density at radius 3 is 2.56 bits per heavy atom. The minimum Gasteiger partial charge on any atom is -0.492 e. The van der Waals surface area contributed by atoms with Crippen LogP contribution in [0.2, 0.25) is 0 Å². The van der Waals surface area contributed by atoms with Crippen LogP contribution >= 0.6 is 0 Å². The van der Waals surface area contributed by atoms with Gasteiger partial charge < -0.3 is 14.6 Å². The molecule has 1 aliphatic carbocycles.